The summed E-state index contributed by atoms with van der Waals surface area (Å²) in [5.74, 6) is -0.486. The fourth-order valence-corrected chi connectivity index (χ4v) is 2.36. The van der Waals surface area contributed by atoms with Gasteiger partial charge in [0, 0.05) is 17.3 Å². The molecule has 0 aliphatic heterocycles. The Morgan fingerprint density at radius 2 is 1.48 bits per heavy atom. The van der Waals surface area contributed by atoms with E-state index in [1.165, 1.54) is 18.2 Å². The van der Waals surface area contributed by atoms with Crippen LogP contribution in [0.2, 0.25) is 0 Å². The van der Waals surface area contributed by atoms with Crippen LogP contribution in [0.3, 0.4) is 0 Å². The van der Waals surface area contributed by atoms with E-state index in [9.17, 15) is 14.3 Å². The van der Waals surface area contributed by atoms with Crippen LogP contribution in [-0.2, 0) is 4.79 Å². The number of carbonyl (C=O) groups is 1. The zero-order valence-electron chi connectivity index (χ0n) is 13.3. The number of amides is 1. The first-order chi connectivity index (χ1) is 12.1. The van der Waals surface area contributed by atoms with E-state index in [2.05, 4.69) is 5.32 Å². The van der Waals surface area contributed by atoms with Crippen molar-refractivity contribution in [3.05, 3.63) is 90.3 Å². The van der Waals surface area contributed by atoms with E-state index in [4.69, 9.17) is 0 Å². The Kier molecular flexibility index (Phi) is 4.90. The number of rotatable bonds is 4. The van der Waals surface area contributed by atoms with E-state index in [1.54, 1.807) is 42.5 Å². The summed E-state index contributed by atoms with van der Waals surface area (Å²) >= 11 is 0. The quantitative estimate of drug-likeness (QED) is 0.671. The highest BCUT2D eigenvalue weighted by atomic mass is 19.1. The topological polar surface area (TPSA) is 49.3 Å². The van der Waals surface area contributed by atoms with Crippen molar-refractivity contribution in [1.29, 1.82) is 0 Å². The number of anilines is 1. The van der Waals surface area contributed by atoms with Crippen LogP contribution >= 0.6 is 0 Å². The molecule has 25 heavy (non-hydrogen) atoms. The van der Waals surface area contributed by atoms with Gasteiger partial charge < -0.3 is 10.4 Å². The fraction of sp³-hybridized carbons (Fsp3) is 0. The molecule has 4 heteroatoms. The number of hydrogen-bond donors (Lipinski definition) is 2. The minimum atomic E-state index is -0.371. The Labute approximate surface area is 145 Å². The van der Waals surface area contributed by atoms with Gasteiger partial charge in [0.25, 0.3) is 0 Å². The zero-order chi connectivity index (χ0) is 17.6. The fourth-order valence-electron chi connectivity index (χ4n) is 2.36. The van der Waals surface area contributed by atoms with Crippen LogP contribution in [0, 0.1) is 5.82 Å². The molecule has 0 radical (unpaired) electrons. The number of hydrogen-bond acceptors (Lipinski definition) is 2. The van der Waals surface area contributed by atoms with Crippen molar-refractivity contribution in [1.82, 2.24) is 0 Å². The third-order valence-corrected chi connectivity index (χ3v) is 3.67. The molecule has 3 aromatic carbocycles. The predicted molar refractivity (Wildman–Crippen MR) is 97.6 cm³/mol. The van der Waals surface area contributed by atoms with Crippen LogP contribution in [0.4, 0.5) is 10.1 Å². The Morgan fingerprint density at radius 1 is 0.880 bits per heavy atom. The minimum absolute atomic E-state index is 0.217. The van der Waals surface area contributed by atoms with Gasteiger partial charge in [0.2, 0.25) is 5.91 Å². The van der Waals surface area contributed by atoms with Crippen LogP contribution < -0.4 is 5.32 Å². The summed E-state index contributed by atoms with van der Waals surface area (Å²) in [7, 11) is 0. The smallest absolute Gasteiger partial charge is 0.248 e. The monoisotopic (exact) mass is 333 g/mol. The molecule has 0 unspecified atom stereocenters. The van der Waals surface area contributed by atoms with E-state index >= 15 is 0 Å². The van der Waals surface area contributed by atoms with Gasteiger partial charge in [-0.2, -0.15) is 0 Å². The van der Waals surface area contributed by atoms with Gasteiger partial charge in [-0.05, 0) is 47.5 Å². The molecule has 0 heterocycles. The molecular weight excluding hydrogens is 317 g/mol. The number of halogens is 1. The molecule has 124 valence electrons. The van der Waals surface area contributed by atoms with Gasteiger partial charge in [0.1, 0.15) is 11.6 Å². The second-order valence-corrected chi connectivity index (χ2v) is 5.47. The number of phenols is 1. The molecule has 0 saturated heterocycles. The van der Waals surface area contributed by atoms with Gasteiger partial charge in [-0.1, -0.05) is 42.5 Å². The van der Waals surface area contributed by atoms with Crippen molar-refractivity contribution in [2.45, 2.75) is 0 Å². The van der Waals surface area contributed by atoms with E-state index < -0.39 is 0 Å². The van der Waals surface area contributed by atoms with Crippen LogP contribution in [-0.4, -0.2) is 11.0 Å². The molecule has 0 fully saturated rings. The van der Waals surface area contributed by atoms with E-state index in [-0.39, 0.29) is 17.5 Å². The highest BCUT2D eigenvalue weighted by Crippen LogP contribution is 2.23. The third kappa shape index (κ3) is 4.32. The number of phenolic OH excluding ortho intramolecular Hbond substituents is 1. The molecule has 2 N–H and O–H groups in total. The lowest BCUT2D eigenvalue weighted by atomic mass is 10.1. The summed E-state index contributed by atoms with van der Waals surface area (Å²) in [6, 6.07) is 20.5. The molecule has 1 amide bonds. The molecule has 0 spiro atoms. The van der Waals surface area contributed by atoms with E-state index in [0.29, 0.717) is 11.3 Å². The average molecular weight is 333 g/mol. The van der Waals surface area contributed by atoms with Crippen LogP contribution in [0.1, 0.15) is 5.56 Å². The van der Waals surface area contributed by atoms with Crippen molar-refractivity contribution in [2.24, 2.45) is 0 Å². The molecule has 0 aliphatic rings. The van der Waals surface area contributed by atoms with E-state index in [0.717, 1.165) is 11.1 Å². The number of carbonyl (C=O) groups excluding carboxylic acids is 1. The van der Waals surface area contributed by atoms with E-state index in [1.807, 2.05) is 24.3 Å². The maximum Gasteiger partial charge on any atom is 0.248 e. The zero-order valence-corrected chi connectivity index (χ0v) is 13.3. The van der Waals surface area contributed by atoms with Crippen molar-refractivity contribution >= 4 is 17.7 Å². The third-order valence-electron chi connectivity index (χ3n) is 3.67. The van der Waals surface area contributed by atoms with Gasteiger partial charge in [0.15, 0.2) is 0 Å². The van der Waals surface area contributed by atoms with Crippen LogP contribution in [0.15, 0.2) is 78.9 Å². The summed E-state index contributed by atoms with van der Waals surface area (Å²) < 4.78 is 13.5. The van der Waals surface area contributed by atoms with Gasteiger partial charge in [-0.25, -0.2) is 4.39 Å². The maximum absolute atomic E-state index is 13.5. The normalized spacial score (nSPS) is 10.8. The van der Waals surface area contributed by atoms with Gasteiger partial charge >= 0.3 is 0 Å². The first-order valence-corrected chi connectivity index (χ1v) is 7.75. The Morgan fingerprint density at radius 3 is 2.12 bits per heavy atom. The highest BCUT2D eigenvalue weighted by molar-refractivity contribution is 6.02. The van der Waals surface area contributed by atoms with Crippen molar-refractivity contribution in [2.75, 3.05) is 5.32 Å². The van der Waals surface area contributed by atoms with Crippen LogP contribution in [0.25, 0.3) is 17.2 Å². The molecule has 0 atom stereocenters. The number of benzene rings is 3. The summed E-state index contributed by atoms with van der Waals surface area (Å²) in [4.78, 5) is 11.9. The van der Waals surface area contributed by atoms with Crippen molar-refractivity contribution in [3.63, 3.8) is 0 Å². The molecule has 0 aromatic heterocycles. The molecule has 0 bridgehead atoms. The molecule has 0 aliphatic carbocycles. The first kappa shape index (κ1) is 16.5. The second kappa shape index (κ2) is 7.45. The average Bonchev–Trinajstić information content (AvgIpc) is 2.62. The number of aromatic hydroxyl groups is 1. The Hall–Kier alpha value is -3.40. The van der Waals surface area contributed by atoms with Crippen molar-refractivity contribution < 1.29 is 14.3 Å². The SMILES string of the molecule is O=C(/C=C/c1ccccc1F)Nc1ccc(-c2ccc(O)cc2)cc1. The maximum atomic E-state index is 13.5. The first-order valence-electron chi connectivity index (χ1n) is 7.75. The summed E-state index contributed by atoms with van der Waals surface area (Å²) in [6.45, 7) is 0. The lowest BCUT2D eigenvalue weighted by molar-refractivity contribution is -0.111. The molecule has 3 aromatic rings. The highest BCUT2D eigenvalue weighted by Gasteiger charge is 2.02. The summed E-state index contributed by atoms with van der Waals surface area (Å²) in [5, 5.41) is 12.1. The minimum Gasteiger partial charge on any atom is -0.508 e. The predicted octanol–water partition coefficient (Wildman–Crippen LogP) is 4.85. The van der Waals surface area contributed by atoms with Crippen LogP contribution in [0.5, 0.6) is 5.75 Å². The van der Waals surface area contributed by atoms with Gasteiger partial charge in [0.05, 0.1) is 0 Å². The molecule has 0 saturated carbocycles. The molecule has 3 nitrogen and oxygen atoms in total. The lowest BCUT2D eigenvalue weighted by Crippen LogP contribution is -2.07. The van der Waals surface area contributed by atoms with Gasteiger partial charge in [-0.3, -0.25) is 4.79 Å². The Bertz CT molecular complexity index is 900. The largest absolute Gasteiger partial charge is 0.508 e. The second-order valence-electron chi connectivity index (χ2n) is 5.47. The van der Waals surface area contributed by atoms with Crippen molar-refractivity contribution in [3.8, 4) is 16.9 Å². The Balaban J connectivity index is 1.66. The summed E-state index contributed by atoms with van der Waals surface area (Å²) in [6.07, 6.45) is 2.74. The standard InChI is InChI=1S/C21H16FNO2/c22-20-4-2-1-3-17(20)9-14-21(25)23-18-10-5-15(6-11-18)16-7-12-19(24)13-8-16/h1-14,24H,(H,23,25)/b14-9+. The number of nitrogens with one attached hydrogen (secondary N) is 1. The summed E-state index contributed by atoms with van der Waals surface area (Å²) in [5.41, 5.74) is 2.95. The van der Waals surface area contributed by atoms with Gasteiger partial charge in [-0.15, -0.1) is 0 Å². The molecule has 3 rings (SSSR count). The lowest BCUT2D eigenvalue weighted by Gasteiger charge is -2.05. The molecular formula is C21H16FNO2.